The Hall–Kier alpha value is -1.68. The van der Waals surface area contributed by atoms with E-state index in [1.165, 1.54) is 16.8 Å². The topological polar surface area (TPSA) is 42.7 Å². The maximum Gasteiger partial charge on any atom is 0.0924 e. The highest BCUT2D eigenvalue weighted by atomic mass is 15.3. The fourth-order valence-corrected chi connectivity index (χ4v) is 2.64. The van der Waals surface area contributed by atoms with E-state index in [-0.39, 0.29) is 6.04 Å². The summed E-state index contributed by atoms with van der Waals surface area (Å²) in [4.78, 5) is 4.68. The van der Waals surface area contributed by atoms with Crippen LogP contribution < -0.4 is 5.32 Å². The van der Waals surface area contributed by atoms with Crippen molar-refractivity contribution in [1.29, 1.82) is 0 Å². The Bertz CT molecular complexity index is 574. The summed E-state index contributed by atoms with van der Waals surface area (Å²) in [6.07, 6.45) is 6.01. The van der Waals surface area contributed by atoms with E-state index < -0.39 is 0 Å². The molecule has 0 aliphatic carbocycles. The van der Waals surface area contributed by atoms with Gasteiger partial charge < -0.3 is 5.32 Å². The van der Waals surface area contributed by atoms with Gasteiger partial charge in [0.1, 0.15) is 0 Å². The number of hydrogen-bond acceptors (Lipinski definition) is 3. The van der Waals surface area contributed by atoms with Crippen LogP contribution in [0, 0.1) is 13.8 Å². The van der Waals surface area contributed by atoms with Gasteiger partial charge in [0, 0.05) is 18.9 Å². The number of nitrogens with zero attached hydrogens (tertiary/aromatic N) is 3. The summed E-state index contributed by atoms with van der Waals surface area (Å²) in [7, 11) is 0. The van der Waals surface area contributed by atoms with E-state index in [0.29, 0.717) is 0 Å². The Morgan fingerprint density at radius 3 is 2.71 bits per heavy atom. The van der Waals surface area contributed by atoms with Crippen LogP contribution >= 0.6 is 0 Å². The molecule has 114 valence electrons. The zero-order valence-electron chi connectivity index (χ0n) is 13.6. The lowest BCUT2D eigenvalue weighted by Crippen LogP contribution is -2.27. The molecule has 0 amide bonds. The first-order valence-electron chi connectivity index (χ1n) is 7.85. The predicted octanol–water partition coefficient (Wildman–Crippen LogP) is 3.39. The highest BCUT2D eigenvalue weighted by Crippen LogP contribution is 2.23. The number of aromatic nitrogens is 3. The van der Waals surface area contributed by atoms with E-state index in [1.54, 1.807) is 0 Å². The van der Waals surface area contributed by atoms with E-state index in [4.69, 9.17) is 0 Å². The molecule has 0 saturated carbocycles. The van der Waals surface area contributed by atoms with Crippen molar-refractivity contribution >= 4 is 0 Å². The summed E-state index contributed by atoms with van der Waals surface area (Å²) in [6.45, 7) is 10.5. The molecule has 21 heavy (non-hydrogen) atoms. The fraction of sp³-hybridized carbons (Fsp3) is 0.529. The van der Waals surface area contributed by atoms with Crippen molar-refractivity contribution in [3.05, 3.63) is 47.0 Å². The molecule has 0 spiro atoms. The normalized spacial score (nSPS) is 12.6. The lowest BCUT2D eigenvalue weighted by molar-refractivity contribution is 0.504. The summed E-state index contributed by atoms with van der Waals surface area (Å²) >= 11 is 0. The van der Waals surface area contributed by atoms with Gasteiger partial charge in [-0.1, -0.05) is 19.9 Å². The molecule has 2 heterocycles. The maximum atomic E-state index is 4.68. The molecule has 0 aliphatic rings. The molecule has 2 rings (SSSR count). The summed E-state index contributed by atoms with van der Waals surface area (Å²) in [6, 6.07) is 4.41. The minimum absolute atomic E-state index is 0.111. The third-order valence-electron chi connectivity index (χ3n) is 3.61. The maximum absolute atomic E-state index is 4.68. The molecule has 1 N–H and O–H groups in total. The Morgan fingerprint density at radius 1 is 1.24 bits per heavy atom. The summed E-state index contributed by atoms with van der Waals surface area (Å²) < 4.78 is 2.09. The standard InChI is InChI=1S/C17H26N4/c1-5-8-18-17(15-7-9-20-21(15)10-6-2)16-14(4)11-13(3)12-19-16/h7,9,11-12,17-18H,5-6,8,10H2,1-4H3. The smallest absolute Gasteiger partial charge is 0.0924 e. The van der Waals surface area contributed by atoms with Gasteiger partial charge in [-0.25, -0.2) is 0 Å². The second-order valence-corrected chi connectivity index (χ2v) is 5.58. The Kier molecular flexibility index (Phi) is 5.51. The van der Waals surface area contributed by atoms with Gasteiger partial charge in [-0.2, -0.15) is 5.10 Å². The Labute approximate surface area is 127 Å². The van der Waals surface area contributed by atoms with Crippen LogP contribution in [0.5, 0.6) is 0 Å². The highest BCUT2D eigenvalue weighted by molar-refractivity contribution is 5.31. The molecule has 0 saturated heterocycles. The van der Waals surface area contributed by atoms with Crippen molar-refractivity contribution in [1.82, 2.24) is 20.1 Å². The van der Waals surface area contributed by atoms with Gasteiger partial charge in [0.05, 0.1) is 17.4 Å². The predicted molar refractivity (Wildman–Crippen MR) is 86.4 cm³/mol. The first kappa shape index (κ1) is 15.7. The molecule has 0 radical (unpaired) electrons. The van der Waals surface area contributed by atoms with Gasteiger partial charge >= 0.3 is 0 Å². The minimum atomic E-state index is 0.111. The molecular weight excluding hydrogens is 260 g/mol. The molecule has 4 heteroatoms. The van der Waals surface area contributed by atoms with Crippen LogP contribution in [0.15, 0.2) is 24.5 Å². The van der Waals surface area contributed by atoms with E-state index in [2.05, 4.69) is 59.9 Å². The molecular formula is C17H26N4. The highest BCUT2D eigenvalue weighted by Gasteiger charge is 2.20. The average molecular weight is 286 g/mol. The van der Waals surface area contributed by atoms with Crippen molar-refractivity contribution < 1.29 is 0 Å². The second kappa shape index (κ2) is 7.36. The van der Waals surface area contributed by atoms with Gasteiger partial charge in [-0.3, -0.25) is 9.67 Å². The quantitative estimate of drug-likeness (QED) is 0.848. The molecule has 2 aromatic heterocycles. The largest absolute Gasteiger partial charge is 0.304 e. The van der Waals surface area contributed by atoms with Crippen LogP contribution in [0.1, 0.15) is 55.2 Å². The van der Waals surface area contributed by atoms with Gasteiger partial charge in [-0.05, 0) is 50.4 Å². The molecule has 0 bridgehead atoms. The molecule has 0 aromatic carbocycles. The third kappa shape index (κ3) is 3.70. The monoisotopic (exact) mass is 286 g/mol. The molecule has 1 atom stereocenters. The number of hydrogen-bond donors (Lipinski definition) is 1. The number of pyridine rings is 1. The summed E-state index contributed by atoms with van der Waals surface area (Å²) in [5.74, 6) is 0. The zero-order valence-corrected chi connectivity index (χ0v) is 13.6. The lowest BCUT2D eigenvalue weighted by Gasteiger charge is -2.21. The van der Waals surface area contributed by atoms with Crippen LogP contribution in [-0.2, 0) is 6.54 Å². The van der Waals surface area contributed by atoms with Crippen molar-refractivity contribution in [2.24, 2.45) is 0 Å². The van der Waals surface area contributed by atoms with Gasteiger partial charge in [-0.15, -0.1) is 0 Å². The van der Waals surface area contributed by atoms with Crippen LogP contribution in [0.3, 0.4) is 0 Å². The second-order valence-electron chi connectivity index (χ2n) is 5.58. The molecule has 2 aromatic rings. The first-order valence-corrected chi connectivity index (χ1v) is 7.85. The molecule has 0 aliphatic heterocycles. The number of nitrogens with one attached hydrogen (secondary N) is 1. The minimum Gasteiger partial charge on any atom is -0.304 e. The SMILES string of the molecule is CCCNC(c1ncc(C)cc1C)c1ccnn1CCC. The van der Waals surface area contributed by atoms with E-state index in [0.717, 1.165) is 31.6 Å². The third-order valence-corrected chi connectivity index (χ3v) is 3.61. The van der Waals surface area contributed by atoms with Crippen molar-refractivity contribution in [3.63, 3.8) is 0 Å². The number of aryl methyl sites for hydroxylation is 3. The van der Waals surface area contributed by atoms with Gasteiger partial charge in [0.25, 0.3) is 0 Å². The van der Waals surface area contributed by atoms with Crippen LogP contribution in [-0.4, -0.2) is 21.3 Å². The van der Waals surface area contributed by atoms with Gasteiger partial charge in [0.15, 0.2) is 0 Å². The lowest BCUT2D eigenvalue weighted by atomic mass is 10.0. The Balaban J connectivity index is 2.39. The first-order chi connectivity index (χ1) is 10.2. The van der Waals surface area contributed by atoms with Crippen molar-refractivity contribution in [2.45, 2.75) is 53.1 Å². The molecule has 4 nitrogen and oxygen atoms in total. The van der Waals surface area contributed by atoms with Crippen LogP contribution in [0.25, 0.3) is 0 Å². The fourth-order valence-electron chi connectivity index (χ4n) is 2.64. The van der Waals surface area contributed by atoms with E-state index in [1.807, 2.05) is 12.4 Å². The van der Waals surface area contributed by atoms with E-state index >= 15 is 0 Å². The molecule has 0 fully saturated rings. The summed E-state index contributed by atoms with van der Waals surface area (Å²) in [5, 5.41) is 8.08. The van der Waals surface area contributed by atoms with Crippen LogP contribution in [0.4, 0.5) is 0 Å². The van der Waals surface area contributed by atoms with Crippen molar-refractivity contribution in [3.8, 4) is 0 Å². The van der Waals surface area contributed by atoms with Crippen molar-refractivity contribution in [2.75, 3.05) is 6.54 Å². The number of rotatable bonds is 7. The Morgan fingerprint density at radius 2 is 2.05 bits per heavy atom. The van der Waals surface area contributed by atoms with Gasteiger partial charge in [0.2, 0.25) is 0 Å². The van der Waals surface area contributed by atoms with E-state index in [9.17, 15) is 0 Å². The summed E-state index contributed by atoms with van der Waals surface area (Å²) in [5.41, 5.74) is 4.73. The average Bonchev–Trinajstić information content (AvgIpc) is 2.90. The van der Waals surface area contributed by atoms with Crippen LogP contribution in [0.2, 0.25) is 0 Å². The molecule has 1 unspecified atom stereocenters. The zero-order chi connectivity index (χ0) is 15.2.